The molecule has 100 valence electrons. The van der Waals surface area contributed by atoms with Gasteiger partial charge in [-0.3, -0.25) is 0 Å². The van der Waals surface area contributed by atoms with E-state index in [4.69, 9.17) is 15.5 Å². The molecule has 0 spiro atoms. The molecule has 0 amide bonds. The zero-order valence-corrected chi connectivity index (χ0v) is 11.0. The van der Waals surface area contributed by atoms with Crippen molar-refractivity contribution in [3.8, 4) is 0 Å². The van der Waals surface area contributed by atoms with Gasteiger partial charge in [0.15, 0.2) is 5.82 Å². The van der Waals surface area contributed by atoms with Gasteiger partial charge in [-0.15, -0.1) is 0 Å². The first-order valence-electron chi connectivity index (χ1n) is 6.57. The van der Waals surface area contributed by atoms with Crippen LogP contribution in [-0.4, -0.2) is 42.3 Å². The van der Waals surface area contributed by atoms with Crippen LogP contribution in [0.2, 0.25) is 0 Å². The number of hydrogen-bond acceptors (Lipinski definition) is 5. The van der Waals surface area contributed by atoms with Crippen molar-refractivity contribution in [3.05, 3.63) is 30.0 Å². The second-order valence-corrected chi connectivity index (χ2v) is 4.78. The molecule has 1 saturated heterocycles. The molecule has 1 aliphatic rings. The molecular weight excluding hydrogens is 240 g/mol. The van der Waals surface area contributed by atoms with Crippen molar-refractivity contribution in [1.29, 1.82) is 0 Å². The molecule has 2 heterocycles. The number of anilines is 1. The Morgan fingerprint density at radius 2 is 2.05 bits per heavy atom. The highest BCUT2D eigenvalue weighted by atomic mass is 16.5. The fraction of sp³-hybridized carbons (Fsp3) is 0.429. The fourth-order valence-corrected chi connectivity index (χ4v) is 2.48. The van der Waals surface area contributed by atoms with Crippen LogP contribution in [-0.2, 0) is 4.74 Å². The molecule has 1 aromatic carbocycles. The second kappa shape index (κ2) is 5.11. The third-order valence-electron chi connectivity index (χ3n) is 3.49. The van der Waals surface area contributed by atoms with Crippen molar-refractivity contribution in [2.75, 3.05) is 31.2 Å². The predicted octanol–water partition coefficient (Wildman–Crippen LogP) is 1.10. The monoisotopic (exact) mass is 258 g/mol. The van der Waals surface area contributed by atoms with Gasteiger partial charge in [0.1, 0.15) is 0 Å². The van der Waals surface area contributed by atoms with Gasteiger partial charge in [0, 0.05) is 13.1 Å². The normalized spacial score (nSPS) is 19.9. The molecule has 2 N–H and O–H groups in total. The first-order valence-corrected chi connectivity index (χ1v) is 6.57. The molecule has 0 radical (unpaired) electrons. The van der Waals surface area contributed by atoms with Crippen LogP contribution in [0.25, 0.3) is 11.0 Å². The predicted molar refractivity (Wildman–Crippen MR) is 75.3 cm³/mol. The van der Waals surface area contributed by atoms with Crippen molar-refractivity contribution in [1.82, 2.24) is 9.97 Å². The van der Waals surface area contributed by atoms with E-state index >= 15 is 0 Å². The Balaban J connectivity index is 2.05. The lowest BCUT2D eigenvalue weighted by molar-refractivity contribution is 0.0958. The summed E-state index contributed by atoms with van der Waals surface area (Å²) in [4.78, 5) is 11.6. The van der Waals surface area contributed by atoms with Gasteiger partial charge in [0.05, 0.1) is 36.0 Å². The Labute approximate surface area is 112 Å². The number of nitrogens with zero attached hydrogens (tertiary/aromatic N) is 3. The van der Waals surface area contributed by atoms with E-state index in [-0.39, 0.29) is 6.04 Å². The van der Waals surface area contributed by atoms with Gasteiger partial charge in [-0.2, -0.15) is 0 Å². The molecule has 0 bridgehead atoms. The number of morpholine rings is 1. The topological polar surface area (TPSA) is 64.3 Å². The standard InChI is InChI=1S/C14H18N4O/c1-10-14(18-6-7-19-9-11(18)8-15)17-13-5-3-2-4-12(13)16-10/h2-5,11H,6-9,15H2,1H3. The molecule has 0 aliphatic carbocycles. The molecule has 2 aromatic rings. The first kappa shape index (κ1) is 12.3. The average Bonchev–Trinajstić information content (AvgIpc) is 2.46. The molecule has 5 heteroatoms. The van der Waals surface area contributed by atoms with Crippen molar-refractivity contribution in [3.63, 3.8) is 0 Å². The minimum absolute atomic E-state index is 0.183. The van der Waals surface area contributed by atoms with E-state index in [9.17, 15) is 0 Å². The average molecular weight is 258 g/mol. The maximum Gasteiger partial charge on any atom is 0.151 e. The molecule has 1 atom stereocenters. The van der Waals surface area contributed by atoms with Crippen molar-refractivity contribution >= 4 is 16.9 Å². The highest BCUT2D eigenvalue weighted by molar-refractivity contribution is 5.76. The van der Waals surface area contributed by atoms with Crippen molar-refractivity contribution < 1.29 is 4.74 Å². The largest absolute Gasteiger partial charge is 0.377 e. The summed E-state index contributed by atoms with van der Waals surface area (Å²) in [6.07, 6.45) is 0. The lowest BCUT2D eigenvalue weighted by Crippen LogP contribution is -2.50. The lowest BCUT2D eigenvalue weighted by Gasteiger charge is -2.36. The van der Waals surface area contributed by atoms with Gasteiger partial charge >= 0.3 is 0 Å². The van der Waals surface area contributed by atoms with Crippen molar-refractivity contribution in [2.45, 2.75) is 13.0 Å². The Bertz CT molecular complexity index is 587. The summed E-state index contributed by atoms with van der Waals surface area (Å²) in [7, 11) is 0. The van der Waals surface area contributed by atoms with Crippen LogP contribution in [0.3, 0.4) is 0 Å². The summed E-state index contributed by atoms with van der Waals surface area (Å²) in [5, 5.41) is 0. The molecule has 1 fully saturated rings. The minimum atomic E-state index is 0.183. The zero-order valence-electron chi connectivity index (χ0n) is 11.0. The van der Waals surface area contributed by atoms with Crippen LogP contribution in [0.1, 0.15) is 5.69 Å². The lowest BCUT2D eigenvalue weighted by atomic mass is 10.2. The van der Waals surface area contributed by atoms with E-state index < -0.39 is 0 Å². The first-order chi connectivity index (χ1) is 9.29. The van der Waals surface area contributed by atoms with Gasteiger partial charge in [0.25, 0.3) is 0 Å². The molecule has 1 aliphatic heterocycles. The summed E-state index contributed by atoms with van der Waals surface area (Å²) < 4.78 is 5.48. The Hall–Kier alpha value is -1.72. The van der Waals surface area contributed by atoms with Gasteiger partial charge in [-0.25, -0.2) is 9.97 Å². The summed E-state index contributed by atoms with van der Waals surface area (Å²) >= 11 is 0. The second-order valence-electron chi connectivity index (χ2n) is 4.78. The quantitative estimate of drug-likeness (QED) is 0.874. The number of fused-ring (bicyclic) bond motifs is 1. The molecule has 0 saturated carbocycles. The number of aryl methyl sites for hydroxylation is 1. The number of hydrogen-bond donors (Lipinski definition) is 1. The van der Waals surface area contributed by atoms with Gasteiger partial charge in [0.2, 0.25) is 0 Å². The van der Waals surface area contributed by atoms with Crippen LogP contribution in [0.5, 0.6) is 0 Å². The van der Waals surface area contributed by atoms with E-state index in [2.05, 4.69) is 9.88 Å². The maximum absolute atomic E-state index is 5.82. The van der Waals surface area contributed by atoms with E-state index in [1.807, 2.05) is 31.2 Å². The molecular formula is C14H18N4O. The van der Waals surface area contributed by atoms with Gasteiger partial charge in [-0.1, -0.05) is 12.1 Å². The Morgan fingerprint density at radius 1 is 1.32 bits per heavy atom. The third-order valence-corrected chi connectivity index (χ3v) is 3.49. The number of benzene rings is 1. The molecule has 3 rings (SSSR count). The van der Waals surface area contributed by atoms with Crippen LogP contribution in [0.15, 0.2) is 24.3 Å². The highest BCUT2D eigenvalue weighted by Gasteiger charge is 2.24. The van der Waals surface area contributed by atoms with Crippen LogP contribution in [0.4, 0.5) is 5.82 Å². The number of rotatable bonds is 2. The Kier molecular flexibility index (Phi) is 3.31. The summed E-state index contributed by atoms with van der Waals surface area (Å²) in [5.74, 6) is 0.928. The van der Waals surface area contributed by atoms with E-state index in [0.717, 1.165) is 29.1 Å². The summed E-state index contributed by atoms with van der Waals surface area (Å²) in [6.45, 7) is 4.75. The minimum Gasteiger partial charge on any atom is -0.377 e. The number of ether oxygens (including phenoxy) is 1. The zero-order chi connectivity index (χ0) is 13.2. The van der Waals surface area contributed by atoms with Gasteiger partial charge in [-0.05, 0) is 19.1 Å². The maximum atomic E-state index is 5.82. The molecule has 1 unspecified atom stereocenters. The highest BCUT2D eigenvalue weighted by Crippen LogP contribution is 2.23. The molecule has 1 aromatic heterocycles. The summed E-state index contributed by atoms with van der Waals surface area (Å²) in [6, 6.07) is 8.12. The van der Waals surface area contributed by atoms with E-state index in [1.165, 1.54) is 0 Å². The van der Waals surface area contributed by atoms with Gasteiger partial charge < -0.3 is 15.4 Å². The summed E-state index contributed by atoms with van der Waals surface area (Å²) in [5.41, 5.74) is 8.62. The van der Waals surface area contributed by atoms with E-state index in [1.54, 1.807) is 0 Å². The van der Waals surface area contributed by atoms with Crippen LogP contribution >= 0.6 is 0 Å². The van der Waals surface area contributed by atoms with Crippen LogP contribution < -0.4 is 10.6 Å². The number of para-hydroxylation sites is 2. The fourth-order valence-electron chi connectivity index (χ4n) is 2.48. The third kappa shape index (κ3) is 2.27. The Morgan fingerprint density at radius 3 is 2.79 bits per heavy atom. The van der Waals surface area contributed by atoms with Crippen LogP contribution in [0, 0.1) is 6.92 Å². The SMILES string of the molecule is Cc1nc2ccccc2nc1N1CCOCC1CN. The van der Waals surface area contributed by atoms with E-state index in [0.29, 0.717) is 19.8 Å². The smallest absolute Gasteiger partial charge is 0.151 e. The molecule has 5 nitrogen and oxygen atoms in total. The number of nitrogens with two attached hydrogens (primary N) is 1. The van der Waals surface area contributed by atoms with Crippen molar-refractivity contribution in [2.24, 2.45) is 5.73 Å². The number of aromatic nitrogens is 2. The molecule has 19 heavy (non-hydrogen) atoms.